The second-order valence-corrected chi connectivity index (χ2v) is 6.65. The smallest absolute Gasteiger partial charge is 0.238 e. The van der Waals surface area contributed by atoms with Crippen molar-refractivity contribution in [2.75, 3.05) is 31.6 Å². The van der Waals surface area contributed by atoms with Gasteiger partial charge in [-0.05, 0) is 56.3 Å². The van der Waals surface area contributed by atoms with E-state index in [0.29, 0.717) is 29.6 Å². The number of hydrogen-bond acceptors (Lipinski definition) is 4. The van der Waals surface area contributed by atoms with Gasteiger partial charge in [0.1, 0.15) is 12.4 Å². The first-order valence-corrected chi connectivity index (χ1v) is 8.63. The van der Waals surface area contributed by atoms with Crippen LogP contribution >= 0.6 is 11.6 Å². The Balaban J connectivity index is 1.52. The van der Waals surface area contributed by atoms with Gasteiger partial charge in [0.15, 0.2) is 0 Å². The van der Waals surface area contributed by atoms with Crippen molar-refractivity contribution in [3.8, 4) is 5.75 Å². The lowest BCUT2D eigenvalue weighted by atomic mass is 10.2. The maximum atomic E-state index is 12.0. The van der Waals surface area contributed by atoms with Crippen LogP contribution in [-0.4, -0.2) is 38.3 Å². The standard InChI is InChI=1S/C17H23ClN2O3/c18-13-5-6-16(23-11-14-2-1-7-22-14)15(8-13)20-17(21)10-19-9-12-3-4-12/h5-6,8,12,14,19H,1-4,7,9-11H2,(H,20,21). The molecule has 5 nitrogen and oxygen atoms in total. The lowest BCUT2D eigenvalue weighted by Gasteiger charge is -2.15. The van der Waals surface area contributed by atoms with Crippen molar-refractivity contribution in [1.82, 2.24) is 5.32 Å². The van der Waals surface area contributed by atoms with E-state index in [0.717, 1.165) is 31.9 Å². The highest BCUT2D eigenvalue weighted by atomic mass is 35.5. The molecule has 1 amide bonds. The van der Waals surface area contributed by atoms with Gasteiger partial charge in [-0.2, -0.15) is 0 Å². The summed E-state index contributed by atoms with van der Waals surface area (Å²) < 4.78 is 11.4. The average Bonchev–Trinajstić information content (AvgIpc) is 3.20. The van der Waals surface area contributed by atoms with E-state index in [1.165, 1.54) is 12.8 Å². The summed E-state index contributed by atoms with van der Waals surface area (Å²) in [6.07, 6.45) is 4.76. The number of rotatable bonds is 8. The van der Waals surface area contributed by atoms with Crippen LogP contribution in [0.4, 0.5) is 5.69 Å². The summed E-state index contributed by atoms with van der Waals surface area (Å²) in [5, 5.41) is 6.61. The Labute approximate surface area is 141 Å². The second kappa shape index (κ2) is 7.99. The van der Waals surface area contributed by atoms with Crippen molar-refractivity contribution in [3.63, 3.8) is 0 Å². The number of anilines is 1. The number of halogens is 1. The molecular formula is C17H23ClN2O3. The zero-order chi connectivity index (χ0) is 16.1. The number of carbonyl (C=O) groups excluding carboxylic acids is 1. The van der Waals surface area contributed by atoms with Gasteiger partial charge in [0.05, 0.1) is 18.3 Å². The van der Waals surface area contributed by atoms with Crippen LogP contribution in [-0.2, 0) is 9.53 Å². The molecule has 2 fully saturated rings. The molecule has 2 aliphatic rings. The van der Waals surface area contributed by atoms with Crippen LogP contribution in [0.15, 0.2) is 18.2 Å². The first-order valence-electron chi connectivity index (χ1n) is 8.25. The highest BCUT2D eigenvalue weighted by Gasteiger charge is 2.21. The summed E-state index contributed by atoms with van der Waals surface area (Å²) >= 11 is 6.03. The first kappa shape index (κ1) is 16.6. The third-order valence-corrected chi connectivity index (χ3v) is 4.32. The molecule has 1 heterocycles. The minimum absolute atomic E-state index is 0.0881. The number of carbonyl (C=O) groups is 1. The van der Waals surface area contributed by atoms with Gasteiger partial charge >= 0.3 is 0 Å². The van der Waals surface area contributed by atoms with Crippen molar-refractivity contribution in [1.29, 1.82) is 0 Å². The minimum atomic E-state index is -0.0881. The van der Waals surface area contributed by atoms with Crippen molar-refractivity contribution < 1.29 is 14.3 Å². The molecule has 1 atom stereocenters. The van der Waals surface area contributed by atoms with E-state index in [9.17, 15) is 4.79 Å². The van der Waals surface area contributed by atoms with Gasteiger partial charge in [0.2, 0.25) is 5.91 Å². The monoisotopic (exact) mass is 338 g/mol. The largest absolute Gasteiger partial charge is 0.489 e. The van der Waals surface area contributed by atoms with E-state index in [-0.39, 0.29) is 12.0 Å². The van der Waals surface area contributed by atoms with Crippen LogP contribution in [0.3, 0.4) is 0 Å². The molecule has 3 rings (SSSR count). The van der Waals surface area contributed by atoms with Crippen molar-refractivity contribution >= 4 is 23.2 Å². The Morgan fingerprint density at radius 2 is 2.22 bits per heavy atom. The average molecular weight is 339 g/mol. The van der Waals surface area contributed by atoms with Gasteiger partial charge in [0.25, 0.3) is 0 Å². The van der Waals surface area contributed by atoms with Gasteiger partial charge < -0.3 is 20.1 Å². The molecule has 0 radical (unpaired) electrons. The molecule has 0 bridgehead atoms. The molecule has 1 unspecified atom stereocenters. The number of benzene rings is 1. The molecule has 1 aromatic rings. The third-order valence-electron chi connectivity index (χ3n) is 4.08. The quantitative estimate of drug-likeness (QED) is 0.765. The molecule has 1 aliphatic carbocycles. The van der Waals surface area contributed by atoms with Crippen LogP contribution in [0.1, 0.15) is 25.7 Å². The normalized spacial score (nSPS) is 20.5. The molecule has 0 aromatic heterocycles. The SMILES string of the molecule is O=C(CNCC1CC1)Nc1cc(Cl)ccc1OCC1CCCO1. The maximum absolute atomic E-state index is 12.0. The van der Waals surface area contributed by atoms with Gasteiger partial charge in [-0.3, -0.25) is 4.79 Å². The molecule has 2 N–H and O–H groups in total. The van der Waals surface area contributed by atoms with Crippen molar-refractivity contribution in [3.05, 3.63) is 23.2 Å². The topological polar surface area (TPSA) is 59.6 Å². The van der Waals surface area contributed by atoms with E-state index < -0.39 is 0 Å². The Morgan fingerprint density at radius 1 is 1.35 bits per heavy atom. The van der Waals surface area contributed by atoms with E-state index in [4.69, 9.17) is 21.1 Å². The summed E-state index contributed by atoms with van der Waals surface area (Å²) in [5.41, 5.74) is 0.605. The number of ether oxygens (including phenoxy) is 2. The van der Waals surface area contributed by atoms with Crippen LogP contribution in [0.2, 0.25) is 5.02 Å². The highest BCUT2D eigenvalue weighted by molar-refractivity contribution is 6.31. The van der Waals surface area contributed by atoms with Crippen LogP contribution < -0.4 is 15.4 Å². The summed E-state index contributed by atoms with van der Waals surface area (Å²) in [7, 11) is 0. The third kappa shape index (κ3) is 5.37. The lowest BCUT2D eigenvalue weighted by Crippen LogP contribution is -2.29. The fourth-order valence-corrected chi connectivity index (χ4v) is 2.76. The number of nitrogens with one attached hydrogen (secondary N) is 2. The number of amides is 1. The summed E-state index contributed by atoms with van der Waals surface area (Å²) in [6, 6.07) is 5.25. The van der Waals surface area contributed by atoms with E-state index >= 15 is 0 Å². The van der Waals surface area contributed by atoms with Gasteiger partial charge in [0, 0.05) is 11.6 Å². The van der Waals surface area contributed by atoms with Crippen LogP contribution in [0.25, 0.3) is 0 Å². The molecule has 0 spiro atoms. The minimum Gasteiger partial charge on any atom is -0.489 e. The molecule has 126 valence electrons. The van der Waals surface area contributed by atoms with Crippen molar-refractivity contribution in [2.24, 2.45) is 5.92 Å². The maximum Gasteiger partial charge on any atom is 0.238 e. The van der Waals surface area contributed by atoms with Gasteiger partial charge in [-0.15, -0.1) is 0 Å². The molecule has 1 aromatic carbocycles. The van der Waals surface area contributed by atoms with E-state index in [1.807, 2.05) is 0 Å². The van der Waals surface area contributed by atoms with Gasteiger partial charge in [-0.25, -0.2) is 0 Å². The molecular weight excluding hydrogens is 316 g/mol. The molecule has 1 aliphatic heterocycles. The van der Waals surface area contributed by atoms with E-state index in [1.54, 1.807) is 18.2 Å². The Bertz CT molecular complexity index is 543. The Kier molecular flexibility index (Phi) is 5.75. The van der Waals surface area contributed by atoms with Gasteiger partial charge in [-0.1, -0.05) is 11.6 Å². The molecule has 6 heteroatoms. The molecule has 23 heavy (non-hydrogen) atoms. The summed E-state index contributed by atoms with van der Waals surface area (Å²) in [5.74, 6) is 1.29. The molecule has 1 saturated heterocycles. The van der Waals surface area contributed by atoms with Crippen molar-refractivity contribution in [2.45, 2.75) is 31.8 Å². The summed E-state index contributed by atoms with van der Waals surface area (Å²) in [4.78, 5) is 12.0. The van der Waals surface area contributed by atoms with Crippen LogP contribution in [0, 0.1) is 5.92 Å². The Hall–Kier alpha value is -1.30. The van der Waals surface area contributed by atoms with E-state index in [2.05, 4.69) is 10.6 Å². The highest BCUT2D eigenvalue weighted by Crippen LogP contribution is 2.29. The number of hydrogen-bond donors (Lipinski definition) is 2. The first-order chi connectivity index (χ1) is 11.2. The molecule has 1 saturated carbocycles. The fourth-order valence-electron chi connectivity index (χ4n) is 2.59. The second-order valence-electron chi connectivity index (χ2n) is 6.21. The zero-order valence-corrected chi connectivity index (χ0v) is 13.9. The predicted molar refractivity (Wildman–Crippen MR) is 90.1 cm³/mol. The summed E-state index contributed by atoms with van der Waals surface area (Å²) in [6.45, 7) is 2.49. The fraction of sp³-hybridized carbons (Fsp3) is 0.588. The lowest BCUT2D eigenvalue weighted by molar-refractivity contribution is -0.115. The zero-order valence-electron chi connectivity index (χ0n) is 13.1. The Morgan fingerprint density at radius 3 is 2.96 bits per heavy atom. The predicted octanol–water partition coefficient (Wildman–Crippen LogP) is 2.84. The van der Waals surface area contributed by atoms with Crippen LogP contribution in [0.5, 0.6) is 5.75 Å².